The molecule has 1 aromatic carbocycles. The van der Waals surface area contributed by atoms with Crippen LogP contribution >= 0.6 is 0 Å². The molecule has 1 aromatic rings. The Kier molecular flexibility index (Phi) is 4.89. The first-order chi connectivity index (χ1) is 9.92. The molecule has 2 rings (SSSR count). The van der Waals surface area contributed by atoms with E-state index in [9.17, 15) is 22.9 Å². The molecular formula is C13H17FN2O4S. The van der Waals surface area contributed by atoms with Crippen LogP contribution in [-0.4, -0.2) is 19.9 Å². The first-order valence-corrected chi connectivity index (χ1v) is 8.32. The number of nitrogens with zero attached hydrogens (tertiary/aromatic N) is 1. The molecule has 0 spiro atoms. The monoisotopic (exact) mass is 316 g/mol. The fraction of sp³-hybridized carbons (Fsp3) is 0.538. The highest BCUT2D eigenvalue weighted by Gasteiger charge is 2.29. The van der Waals surface area contributed by atoms with E-state index in [-0.39, 0.29) is 6.54 Å². The summed E-state index contributed by atoms with van der Waals surface area (Å²) in [6.45, 7) is 0.209. The van der Waals surface area contributed by atoms with Gasteiger partial charge >= 0.3 is 5.69 Å². The molecule has 8 heteroatoms. The van der Waals surface area contributed by atoms with Gasteiger partial charge in [0.15, 0.2) is 4.90 Å². The van der Waals surface area contributed by atoms with Crippen molar-refractivity contribution in [3.05, 3.63) is 34.1 Å². The van der Waals surface area contributed by atoms with Crippen LogP contribution in [0, 0.1) is 21.8 Å². The minimum atomic E-state index is -4.08. The number of hydrogen-bond donors (Lipinski definition) is 1. The molecule has 0 aliphatic heterocycles. The minimum absolute atomic E-state index is 0.209. The third-order valence-electron chi connectivity index (χ3n) is 3.74. The zero-order valence-electron chi connectivity index (χ0n) is 11.4. The molecule has 0 unspecified atom stereocenters. The van der Waals surface area contributed by atoms with Crippen molar-refractivity contribution in [2.45, 2.75) is 37.0 Å². The first-order valence-electron chi connectivity index (χ1n) is 6.84. The number of nitrogens with one attached hydrogen (secondary N) is 1. The molecular weight excluding hydrogens is 299 g/mol. The predicted octanol–water partition coefficient (Wildman–Crippen LogP) is 2.59. The molecule has 0 bridgehead atoms. The Morgan fingerprint density at radius 2 is 2.00 bits per heavy atom. The fourth-order valence-corrected chi connectivity index (χ4v) is 3.89. The van der Waals surface area contributed by atoms with Crippen LogP contribution in [0.4, 0.5) is 10.1 Å². The Hall–Kier alpha value is -1.54. The molecule has 1 N–H and O–H groups in total. The number of rotatable bonds is 6. The standard InChI is InChI=1S/C13H17FN2O4S/c14-11-6-3-7-12(13(11)16(17)18)21(19,20)15-9-8-10-4-1-2-5-10/h3,6-7,10,15H,1-2,4-5,8-9H2. The van der Waals surface area contributed by atoms with E-state index >= 15 is 0 Å². The molecule has 0 saturated heterocycles. The van der Waals surface area contributed by atoms with Gasteiger partial charge in [0.1, 0.15) is 0 Å². The van der Waals surface area contributed by atoms with E-state index in [0.717, 1.165) is 43.9 Å². The third kappa shape index (κ3) is 3.76. The van der Waals surface area contributed by atoms with Gasteiger partial charge in [-0.1, -0.05) is 31.7 Å². The van der Waals surface area contributed by atoms with Gasteiger partial charge in [-0.2, -0.15) is 4.39 Å². The largest absolute Gasteiger partial charge is 0.324 e. The lowest BCUT2D eigenvalue weighted by molar-refractivity contribution is -0.390. The number of nitro benzene ring substituents is 1. The highest BCUT2D eigenvalue weighted by atomic mass is 32.2. The molecule has 0 atom stereocenters. The van der Waals surface area contributed by atoms with Crippen molar-refractivity contribution in [2.75, 3.05) is 6.54 Å². The van der Waals surface area contributed by atoms with Crippen LogP contribution in [0.5, 0.6) is 0 Å². The Morgan fingerprint density at radius 1 is 1.33 bits per heavy atom. The van der Waals surface area contributed by atoms with Crippen LogP contribution in [-0.2, 0) is 10.0 Å². The van der Waals surface area contributed by atoms with Gasteiger partial charge in [-0.25, -0.2) is 13.1 Å². The van der Waals surface area contributed by atoms with Gasteiger partial charge in [0, 0.05) is 6.54 Å². The van der Waals surface area contributed by atoms with Crippen LogP contribution in [0.1, 0.15) is 32.1 Å². The normalized spacial score (nSPS) is 16.2. The Labute approximate surface area is 122 Å². The molecule has 21 heavy (non-hydrogen) atoms. The second kappa shape index (κ2) is 6.48. The second-order valence-corrected chi connectivity index (χ2v) is 6.92. The summed E-state index contributed by atoms with van der Waals surface area (Å²) in [7, 11) is -4.08. The van der Waals surface area contributed by atoms with E-state index in [1.54, 1.807) is 0 Å². The maximum atomic E-state index is 13.5. The summed E-state index contributed by atoms with van der Waals surface area (Å²) in [5.41, 5.74) is -1.01. The van der Waals surface area contributed by atoms with Gasteiger partial charge in [0.25, 0.3) is 0 Å². The van der Waals surface area contributed by atoms with Crippen molar-refractivity contribution in [1.29, 1.82) is 0 Å². The summed E-state index contributed by atoms with van der Waals surface area (Å²) in [5, 5.41) is 10.8. The number of nitro groups is 1. The van der Waals surface area contributed by atoms with E-state index < -0.39 is 31.3 Å². The number of benzene rings is 1. The van der Waals surface area contributed by atoms with Gasteiger partial charge in [0.05, 0.1) is 4.92 Å². The van der Waals surface area contributed by atoms with Crippen molar-refractivity contribution in [2.24, 2.45) is 5.92 Å². The molecule has 0 amide bonds. The zero-order valence-corrected chi connectivity index (χ0v) is 12.2. The summed E-state index contributed by atoms with van der Waals surface area (Å²) in [6.07, 6.45) is 5.19. The molecule has 0 aromatic heterocycles. The maximum Gasteiger partial charge on any atom is 0.324 e. The molecule has 0 radical (unpaired) electrons. The zero-order chi connectivity index (χ0) is 15.5. The third-order valence-corrected chi connectivity index (χ3v) is 5.23. The molecule has 0 heterocycles. The average Bonchev–Trinajstić information content (AvgIpc) is 2.91. The number of sulfonamides is 1. The minimum Gasteiger partial charge on any atom is -0.258 e. The van der Waals surface area contributed by atoms with Gasteiger partial charge in [-0.3, -0.25) is 10.1 Å². The molecule has 6 nitrogen and oxygen atoms in total. The van der Waals surface area contributed by atoms with E-state index in [2.05, 4.69) is 4.72 Å². The van der Waals surface area contributed by atoms with Gasteiger partial charge in [-0.15, -0.1) is 0 Å². The Balaban J connectivity index is 2.12. The van der Waals surface area contributed by atoms with E-state index in [1.807, 2.05) is 0 Å². The van der Waals surface area contributed by atoms with E-state index in [1.165, 1.54) is 0 Å². The number of para-hydroxylation sites is 1. The summed E-state index contributed by atoms with van der Waals surface area (Å²) in [6, 6.07) is 3.06. The summed E-state index contributed by atoms with van der Waals surface area (Å²) < 4.78 is 40.0. The van der Waals surface area contributed by atoms with Gasteiger partial charge in [-0.05, 0) is 24.5 Å². The van der Waals surface area contributed by atoms with Crippen LogP contribution < -0.4 is 4.72 Å². The second-order valence-electron chi connectivity index (χ2n) is 5.18. The molecule has 1 saturated carbocycles. The van der Waals surface area contributed by atoms with Crippen LogP contribution in [0.15, 0.2) is 23.1 Å². The first kappa shape index (κ1) is 15.8. The SMILES string of the molecule is O=[N+]([O-])c1c(F)cccc1S(=O)(=O)NCCC1CCCC1. The van der Waals surface area contributed by atoms with Crippen LogP contribution in [0.2, 0.25) is 0 Å². The van der Waals surface area contributed by atoms with Crippen LogP contribution in [0.25, 0.3) is 0 Å². The fourth-order valence-electron chi connectivity index (χ4n) is 2.66. The van der Waals surface area contributed by atoms with Crippen LogP contribution in [0.3, 0.4) is 0 Å². The molecule has 1 aliphatic rings. The number of hydrogen-bond acceptors (Lipinski definition) is 4. The van der Waals surface area contributed by atoms with Crippen molar-refractivity contribution in [1.82, 2.24) is 4.72 Å². The highest BCUT2D eigenvalue weighted by molar-refractivity contribution is 7.89. The van der Waals surface area contributed by atoms with Gasteiger partial charge in [0.2, 0.25) is 15.8 Å². The lowest BCUT2D eigenvalue weighted by Crippen LogP contribution is -2.26. The predicted molar refractivity (Wildman–Crippen MR) is 74.8 cm³/mol. The quantitative estimate of drug-likeness (QED) is 0.645. The molecule has 1 fully saturated rings. The average molecular weight is 316 g/mol. The highest BCUT2D eigenvalue weighted by Crippen LogP contribution is 2.28. The van der Waals surface area contributed by atoms with Crippen molar-refractivity contribution in [3.63, 3.8) is 0 Å². The Morgan fingerprint density at radius 3 is 2.62 bits per heavy atom. The lowest BCUT2D eigenvalue weighted by atomic mass is 10.1. The molecule has 1 aliphatic carbocycles. The van der Waals surface area contributed by atoms with Crippen molar-refractivity contribution in [3.8, 4) is 0 Å². The summed E-state index contributed by atoms with van der Waals surface area (Å²) >= 11 is 0. The van der Waals surface area contributed by atoms with Crippen molar-refractivity contribution >= 4 is 15.7 Å². The lowest BCUT2D eigenvalue weighted by Gasteiger charge is -2.10. The Bertz CT molecular complexity index is 627. The van der Waals surface area contributed by atoms with Crippen molar-refractivity contribution < 1.29 is 17.7 Å². The summed E-state index contributed by atoms with van der Waals surface area (Å²) in [5.74, 6) is -0.658. The van der Waals surface area contributed by atoms with Gasteiger partial charge < -0.3 is 0 Å². The molecule has 116 valence electrons. The maximum absolute atomic E-state index is 13.5. The summed E-state index contributed by atoms with van der Waals surface area (Å²) in [4.78, 5) is 9.21. The van der Waals surface area contributed by atoms with E-state index in [0.29, 0.717) is 12.3 Å². The topological polar surface area (TPSA) is 89.3 Å². The smallest absolute Gasteiger partial charge is 0.258 e. The number of halogens is 1. The van der Waals surface area contributed by atoms with E-state index in [4.69, 9.17) is 0 Å².